The molecule has 1 amide bonds. The van der Waals surface area contributed by atoms with Gasteiger partial charge in [0.2, 0.25) is 0 Å². The summed E-state index contributed by atoms with van der Waals surface area (Å²) in [5, 5.41) is 7.69. The van der Waals surface area contributed by atoms with Gasteiger partial charge < -0.3 is 10.6 Å². The van der Waals surface area contributed by atoms with Crippen LogP contribution in [-0.2, 0) is 6.42 Å². The Hall–Kier alpha value is -2.79. The van der Waals surface area contributed by atoms with Crippen molar-refractivity contribution in [2.45, 2.75) is 12.5 Å². The smallest absolute Gasteiger partial charge is 0.252 e. The van der Waals surface area contributed by atoms with Crippen LogP contribution in [0.5, 0.6) is 0 Å². The van der Waals surface area contributed by atoms with Gasteiger partial charge in [0.05, 0.1) is 5.56 Å². The van der Waals surface area contributed by atoms with Gasteiger partial charge in [-0.25, -0.2) is 4.39 Å². The molecular weight excluding hydrogens is 317 g/mol. The zero-order valence-electron chi connectivity index (χ0n) is 13.6. The van der Waals surface area contributed by atoms with Gasteiger partial charge >= 0.3 is 0 Å². The molecule has 2 N–H and O–H groups in total. The third-order valence-electron chi connectivity index (χ3n) is 4.64. The molecule has 0 saturated carbocycles. The lowest BCUT2D eigenvalue weighted by Crippen LogP contribution is -2.38. The molecule has 0 aliphatic carbocycles. The van der Waals surface area contributed by atoms with Crippen LogP contribution in [0.4, 0.5) is 4.39 Å². The minimum atomic E-state index is -0.438. The lowest BCUT2D eigenvalue weighted by atomic mass is 9.94. The first-order valence-corrected chi connectivity index (χ1v) is 8.35. The fourth-order valence-corrected chi connectivity index (χ4v) is 3.43. The van der Waals surface area contributed by atoms with Crippen molar-refractivity contribution in [2.24, 2.45) is 0 Å². The molecule has 1 aliphatic heterocycles. The summed E-state index contributed by atoms with van der Waals surface area (Å²) >= 11 is 0. The Kier molecular flexibility index (Phi) is 4.15. The number of hydrogen-bond acceptors (Lipinski definition) is 3. The second-order valence-corrected chi connectivity index (χ2v) is 6.22. The van der Waals surface area contributed by atoms with Crippen LogP contribution in [0.1, 0.15) is 27.5 Å². The molecule has 0 radical (unpaired) electrons. The number of pyridine rings is 1. The molecule has 1 atom stereocenters. The van der Waals surface area contributed by atoms with Gasteiger partial charge in [-0.15, -0.1) is 0 Å². The largest absolute Gasteiger partial charge is 0.350 e. The van der Waals surface area contributed by atoms with Gasteiger partial charge in [0.25, 0.3) is 5.91 Å². The number of nitrogens with zero attached hydrogens (tertiary/aromatic N) is 1. The normalized spacial score (nSPS) is 16.4. The molecule has 5 heteroatoms. The molecule has 2 heterocycles. The van der Waals surface area contributed by atoms with E-state index in [-0.39, 0.29) is 11.9 Å². The molecule has 1 aliphatic rings. The van der Waals surface area contributed by atoms with Crippen LogP contribution < -0.4 is 10.6 Å². The topological polar surface area (TPSA) is 54.0 Å². The van der Waals surface area contributed by atoms with E-state index in [4.69, 9.17) is 0 Å². The molecule has 1 unspecified atom stereocenters. The second-order valence-electron chi connectivity index (χ2n) is 6.22. The van der Waals surface area contributed by atoms with Gasteiger partial charge in [-0.2, -0.15) is 0 Å². The summed E-state index contributed by atoms with van der Waals surface area (Å²) in [5.74, 6) is -0.715. The quantitative estimate of drug-likeness (QED) is 0.774. The highest BCUT2D eigenvalue weighted by Crippen LogP contribution is 2.23. The van der Waals surface area contributed by atoms with Gasteiger partial charge in [-0.3, -0.25) is 9.78 Å². The van der Waals surface area contributed by atoms with Gasteiger partial charge in [0, 0.05) is 30.4 Å². The first-order chi connectivity index (χ1) is 12.2. The SMILES string of the molecule is O=C(NCC1NCCc2ccccc21)c1cc(F)cc2cnccc12. The van der Waals surface area contributed by atoms with E-state index < -0.39 is 5.82 Å². The molecule has 0 saturated heterocycles. The fraction of sp³-hybridized carbons (Fsp3) is 0.200. The van der Waals surface area contributed by atoms with E-state index in [2.05, 4.69) is 27.8 Å². The summed E-state index contributed by atoms with van der Waals surface area (Å²) in [5.41, 5.74) is 2.85. The molecule has 4 rings (SSSR count). The van der Waals surface area contributed by atoms with E-state index in [1.54, 1.807) is 18.5 Å². The number of rotatable bonds is 3. The number of benzene rings is 2. The Labute approximate surface area is 145 Å². The summed E-state index contributed by atoms with van der Waals surface area (Å²) in [7, 11) is 0. The third kappa shape index (κ3) is 3.10. The van der Waals surface area contributed by atoms with Gasteiger partial charge in [-0.1, -0.05) is 24.3 Å². The zero-order chi connectivity index (χ0) is 17.2. The first kappa shape index (κ1) is 15.7. The summed E-state index contributed by atoms with van der Waals surface area (Å²) in [4.78, 5) is 16.6. The number of carbonyl (C=O) groups excluding carboxylic acids is 1. The zero-order valence-corrected chi connectivity index (χ0v) is 13.6. The Bertz CT molecular complexity index is 941. The average Bonchev–Trinajstić information content (AvgIpc) is 2.65. The van der Waals surface area contributed by atoms with Crippen molar-refractivity contribution < 1.29 is 9.18 Å². The van der Waals surface area contributed by atoms with E-state index in [9.17, 15) is 9.18 Å². The minimum Gasteiger partial charge on any atom is -0.350 e. The maximum absolute atomic E-state index is 13.8. The minimum absolute atomic E-state index is 0.0652. The molecular formula is C20H18FN3O. The maximum Gasteiger partial charge on any atom is 0.252 e. The van der Waals surface area contributed by atoms with Crippen molar-refractivity contribution in [1.29, 1.82) is 0 Å². The van der Waals surface area contributed by atoms with E-state index >= 15 is 0 Å². The highest BCUT2D eigenvalue weighted by atomic mass is 19.1. The Morgan fingerprint density at radius 1 is 1.28 bits per heavy atom. The predicted octanol–water partition coefficient (Wildman–Crippen LogP) is 2.99. The van der Waals surface area contributed by atoms with Crippen LogP contribution in [0.2, 0.25) is 0 Å². The van der Waals surface area contributed by atoms with Crippen molar-refractivity contribution in [3.63, 3.8) is 0 Å². The number of aromatic nitrogens is 1. The Morgan fingerprint density at radius 2 is 2.16 bits per heavy atom. The van der Waals surface area contributed by atoms with Crippen molar-refractivity contribution >= 4 is 16.7 Å². The summed E-state index contributed by atoms with van der Waals surface area (Å²) < 4.78 is 13.8. The lowest BCUT2D eigenvalue weighted by Gasteiger charge is -2.27. The number of nitrogens with one attached hydrogen (secondary N) is 2. The van der Waals surface area contributed by atoms with E-state index in [1.165, 1.54) is 23.3 Å². The molecule has 25 heavy (non-hydrogen) atoms. The molecule has 0 bridgehead atoms. The molecule has 0 fully saturated rings. The molecule has 3 aromatic rings. The standard InChI is InChI=1S/C20H18FN3O/c21-15-9-14-11-22-7-6-16(14)18(10-15)20(25)24-12-19-17-4-2-1-3-13(17)5-8-23-19/h1-4,6-7,9-11,19,23H,5,8,12H2,(H,24,25). The first-order valence-electron chi connectivity index (χ1n) is 8.35. The monoisotopic (exact) mass is 335 g/mol. The number of hydrogen-bond donors (Lipinski definition) is 2. The highest BCUT2D eigenvalue weighted by Gasteiger charge is 2.20. The van der Waals surface area contributed by atoms with Gasteiger partial charge in [0.1, 0.15) is 5.82 Å². The van der Waals surface area contributed by atoms with Crippen molar-refractivity contribution in [2.75, 3.05) is 13.1 Å². The summed E-state index contributed by atoms with van der Waals surface area (Å²) in [6.45, 7) is 1.34. The summed E-state index contributed by atoms with van der Waals surface area (Å²) in [6, 6.07) is 12.7. The Morgan fingerprint density at radius 3 is 3.08 bits per heavy atom. The number of amides is 1. The van der Waals surface area contributed by atoms with E-state index in [0.717, 1.165) is 13.0 Å². The van der Waals surface area contributed by atoms with E-state index in [0.29, 0.717) is 22.9 Å². The average molecular weight is 335 g/mol. The van der Waals surface area contributed by atoms with Crippen LogP contribution in [0.15, 0.2) is 54.9 Å². The van der Waals surface area contributed by atoms with Gasteiger partial charge in [0.15, 0.2) is 0 Å². The molecule has 1 aromatic heterocycles. The van der Waals surface area contributed by atoms with Crippen LogP contribution in [-0.4, -0.2) is 24.0 Å². The van der Waals surface area contributed by atoms with Crippen molar-refractivity contribution in [3.8, 4) is 0 Å². The highest BCUT2D eigenvalue weighted by molar-refractivity contribution is 6.06. The number of halogens is 1. The Balaban J connectivity index is 1.56. The number of carbonyl (C=O) groups is 1. The van der Waals surface area contributed by atoms with Crippen LogP contribution in [0.3, 0.4) is 0 Å². The van der Waals surface area contributed by atoms with Crippen LogP contribution in [0.25, 0.3) is 10.8 Å². The van der Waals surface area contributed by atoms with Crippen LogP contribution in [0, 0.1) is 5.82 Å². The third-order valence-corrected chi connectivity index (χ3v) is 4.64. The molecule has 126 valence electrons. The molecule has 4 nitrogen and oxygen atoms in total. The maximum atomic E-state index is 13.8. The fourth-order valence-electron chi connectivity index (χ4n) is 3.43. The van der Waals surface area contributed by atoms with Crippen LogP contribution >= 0.6 is 0 Å². The predicted molar refractivity (Wildman–Crippen MR) is 94.9 cm³/mol. The summed E-state index contributed by atoms with van der Waals surface area (Å²) in [6.07, 6.45) is 4.16. The van der Waals surface area contributed by atoms with Crippen molar-refractivity contribution in [3.05, 3.63) is 77.4 Å². The number of fused-ring (bicyclic) bond motifs is 2. The lowest BCUT2D eigenvalue weighted by molar-refractivity contribution is 0.0950. The molecule has 0 spiro atoms. The van der Waals surface area contributed by atoms with Crippen molar-refractivity contribution in [1.82, 2.24) is 15.6 Å². The second kappa shape index (κ2) is 6.61. The molecule has 2 aromatic carbocycles. The van der Waals surface area contributed by atoms with Gasteiger partial charge in [-0.05, 0) is 47.7 Å². The van der Waals surface area contributed by atoms with E-state index in [1.807, 2.05) is 12.1 Å².